The van der Waals surface area contributed by atoms with Gasteiger partial charge in [0.2, 0.25) is 5.91 Å². The summed E-state index contributed by atoms with van der Waals surface area (Å²) in [5.41, 5.74) is 8.86. The van der Waals surface area contributed by atoms with Gasteiger partial charge in [0.05, 0.1) is 5.41 Å². The molecule has 2 aliphatic heterocycles. The molecule has 2 saturated heterocycles. The second kappa shape index (κ2) is 8.12. The molecule has 0 bridgehead atoms. The number of nitrogens with two attached hydrogens (primary N) is 1. The first-order valence-electron chi connectivity index (χ1n) is 11.0. The van der Waals surface area contributed by atoms with Gasteiger partial charge in [0.1, 0.15) is 0 Å². The molecule has 2 heterocycles. The molecular formula is C26H32N3O2. The van der Waals surface area contributed by atoms with Crippen LogP contribution in [-0.2, 0) is 4.79 Å². The fraction of sp³-hybridized carbons (Fsp3) is 0.423. The Kier molecular flexibility index (Phi) is 5.65. The van der Waals surface area contributed by atoms with Gasteiger partial charge < -0.3 is 15.5 Å². The number of benzene rings is 2. The SMILES string of the molecule is Cc1cccc(C)c1C(=O)N1CC2(C)CN(CC[CH]c3ccccc3)CC2(C(N)=O)C1. The second-order valence-electron chi connectivity index (χ2n) is 9.55. The highest BCUT2D eigenvalue weighted by molar-refractivity contribution is 5.98. The summed E-state index contributed by atoms with van der Waals surface area (Å²) in [5.74, 6) is -0.280. The van der Waals surface area contributed by atoms with E-state index in [1.807, 2.05) is 55.1 Å². The van der Waals surface area contributed by atoms with Crippen LogP contribution in [0, 0.1) is 31.1 Å². The number of primary amides is 1. The topological polar surface area (TPSA) is 66.6 Å². The maximum atomic E-state index is 13.4. The Labute approximate surface area is 185 Å². The molecule has 2 aromatic rings. The Bertz CT molecular complexity index is 969. The number of hydrogen-bond acceptors (Lipinski definition) is 3. The second-order valence-corrected chi connectivity index (χ2v) is 9.55. The van der Waals surface area contributed by atoms with E-state index in [1.165, 1.54) is 5.56 Å². The first-order valence-corrected chi connectivity index (χ1v) is 11.0. The number of aryl methyl sites for hydroxylation is 2. The first kappa shape index (κ1) is 21.6. The Hall–Kier alpha value is -2.66. The van der Waals surface area contributed by atoms with Crippen LogP contribution in [0.5, 0.6) is 0 Å². The lowest BCUT2D eigenvalue weighted by molar-refractivity contribution is -0.129. The van der Waals surface area contributed by atoms with Crippen molar-refractivity contribution >= 4 is 11.8 Å². The lowest BCUT2D eigenvalue weighted by atomic mass is 9.69. The van der Waals surface area contributed by atoms with Gasteiger partial charge >= 0.3 is 0 Å². The Morgan fingerprint density at radius 3 is 2.26 bits per heavy atom. The van der Waals surface area contributed by atoms with Gasteiger partial charge in [-0.2, -0.15) is 0 Å². The third kappa shape index (κ3) is 3.76. The number of hydrogen-bond donors (Lipinski definition) is 1. The van der Waals surface area contributed by atoms with Crippen LogP contribution in [0.2, 0.25) is 0 Å². The van der Waals surface area contributed by atoms with Crippen molar-refractivity contribution in [3.8, 4) is 0 Å². The molecule has 2 aromatic carbocycles. The van der Waals surface area contributed by atoms with Crippen molar-refractivity contribution in [2.24, 2.45) is 16.6 Å². The average molecular weight is 419 g/mol. The molecule has 1 radical (unpaired) electrons. The molecule has 0 aliphatic carbocycles. The Morgan fingerprint density at radius 1 is 0.968 bits per heavy atom. The summed E-state index contributed by atoms with van der Waals surface area (Å²) >= 11 is 0. The van der Waals surface area contributed by atoms with E-state index in [4.69, 9.17) is 5.73 Å². The third-order valence-corrected chi connectivity index (χ3v) is 7.30. The van der Waals surface area contributed by atoms with Crippen LogP contribution >= 0.6 is 0 Å². The number of carbonyl (C=O) groups excluding carboxylic acids is 2. The number of likely N-dealkylation sites (tertiary alicyclic amines) is 2. The van der Waals surface area contributed by atoms with E-state index >= 15 is 0 Å². The van der Waals surface area contributed by atoms with E-state index in [-0.39, 0.29) is 17.2 Å². The smallest absolute Gasteiger partial charge is 0.254 e. The Balaban J connectivity index is 1.48. The molecule has 0 aromatic heterocycles. The first-order chi connectivity index (χ1) is 14.8. The molecule has 2 atom stereocenters. The van der Waals surface area contributed by atoms with Crippen LogP contribution in [0.15, 0.2) is 48.5 Å². The number of carbonyl (C=O) groups is 2. The lowest BCUT2D eigenvalue weighted by Gasteiger charge is -2.31. The zero-order chi connectivity index (χ0) is 22.2. The van der Waals surface area contributed by atoms with Gasteiger partial charge in [-0.3, -0.25) is 9.59 Å². The fourth-order valence-corrected chi connectivity index (χ4v) is 5.59. The number of nitrogens with zero attached hydrogens (tertiary/aromatic N) is 2. The zero-order valence-electron chi connectivity index (χ0n) is 18.7. The van der Waals surface area contributed by atoms with E-state index in [0.29, 0.717) is 19.6 Å². The molecule has 2 fully saturated rings. The summed E-state index contributed by atoms with van der Waals surface area (Å²) in [7, 11) is 0. The molecule has 2 aliphatic rings. The van der Waals surface area contributed by atoms with E-state index in [2.05, 4.69) is 30.4 Å². The van der Waals surface area contributed by atoms with Crippen LogP contribution < -0.4 is 5.73 Å². The standard InChI is InChI=1S/C26H32N3O2/c1-19-9-7-10-20(2)22(19)23(30)29-16-25(3)15-28(17-26(25,18-29)24(27)31)14-8-13-21-11-5-4-6-12-21/h4-7,9-13H,8,14-18H2,1-3H3,(H2,27,31). The van der Waals surface area contributed by atoms with Gasteiger partial charge in [-0.25, -0.2) is 0 Å². The quantitative estimate of drug-likeness (QED) is 0.783. The molecule has 2 amide bonds. The largest absolute Gasteiger partial charge is 0.369 e. The summed E-state index contributed by atoms with van der Waals surface area (Å²) in [6.07, 6.45) is 3.14. The zero-order valence-corrected chi connectivity index (χ0v) is 18.7. The highest BCUT2D eigenvalue weighted by Crippen LogP contribution is 2.52. The molecule has 5 heteroatoms. The van der Waals surface area contributed by atoms with Crippen molar-refractivity contribution in [1.29, 1.82) is 0 Å². The monoisotopic (exact) mass is 418 g/mol. The predicted molar refractivity (Wildman–Crippen MR) is 122 cm³/mol. The fourth-order valence-electron chi connectivity index (χ4n) is 5.59. The molecule has 2 N–H and O–H groups in total. The summed E-state index contributed by atoms with van der Waals surface area (Å²) in [5, 5.41) is 0. The molecule has 31 heavy (non-hydrogen) atoms. The number of amides is 2. The van der Waals surface area contributed by atoms with Gasteiger partial charge in [0.25, 0.3) is 5.91 Å². The molecule has 4 rings (SSSR count). The molecule has 0 saturated carbocycles. The minimum Gasteiger partial charge on any atom is -0.369 e. The van der Waals surface area contributed by atoms with Gasteiger partial charge in [-0.1, -0.05) is 55.5 Å². The number of rotatable bonds is 6. The van der Waals surface area contributed by atoms with Crippen LogP contribution in [0.25, 0.3) is 0 Å². The normalized spacial score (nSPS) is 25.6. The Morgan fingerprint density at radius 2 is 1.65 bits per heavy atom. The average Bonchev–Trinajstić information content (AvgIpc) is 3.16. The van der Waals surface area contributed by atoms with Crippen LogP contribution in [-0.4, -0.2) is 54.3 Å². The van der Waals surface area contributed by atoms with Crippen molar-refractivity contribution in [3.63, 3.8) is 0 Å². The molecule has 0 spiro atoms. The van der Waals surface area contributed by atoms with E-state index in [9.17, 15) is 9.59 Å². The summed E-state index contributed by atoms with van der Waals surface area (Å²) in [6, 6.07) is 16.2. The lowest BCUT2D eigenvalue weighted by Crippen LogP contribution is -2.49. The highest BCUT2D eigenvalue weighted by Gasteiger charge is 2.64. The minimum absolute atomic E-state index is 0.0100. The maximum absolute atomic E-state index is 13.4. The summed E-state index contributed by atoms with van der Waals surface area (Å²) < 4.78 is 0. The van der Waals surface area contributed by atoms with Crippen molar-refractivity contribution in [2.75, 3.05) is 32.7 Å². The summed E-state index contributed by atoms with van der Waals surface area (Å²) in [6.45, 7) is 9.27. The van der Waals surface area contributed by atoms with Crippen molar-refractivity contribution in [2.45, 2.75) is 27.2 Å². The van der Waals surface area contributed by atoms with Gasteiger partial charge in [0.15, 0.2) is 0 Å². The number of fused-ring (bicyclic) bond motifs is 1. The van der Waals surface area contributed by atoms with E-state index in [1.54, 1.807) is 0 Å². The van der Waals surface area contributed by atoms with Gasteiger partial charge in [-0.05, 0) is 49.9 Å². The van der Waals surface area contributed by atoms with Crippen LogP contribution in [0.1, 0.15) is 40.4 Å². The highest BCUT2D eigenvalue weighted by atomic mass is 16.2. The van der Waals surface area contributed by atoms with Crippen molar-refractivity contribution in [1.82, 2.24) is 9.80 Å². The van der Waals surface area contributed by atoms with Crippen LogP contribution in [0.4, 0.5) is 0 Å². The van der Waals surface area contributed by atoms with E-state index < -0.39 is 5.41 Å². The van der Waals surface area contributed by atoms with Gasteiger partial charge in [0, 0.05) is 37.2 Å². The molecule has 163 valence electrons. The van der Waals surface area contributed by atoms with Crippen molar-refractivity contribution in [3.05, 3.63) is 77.2 Å². The predicted octanol–water partition coefficient (Wildman–Crippen LogP) is 3.20. The minimum atomic E-state index is -0.702. The van der Waals surface area contributed by atoms with Crippen molar-refractivity contribution < 1.29 is 9.59 Å². The maximum Gasteiger partial charge on any atom is 0.254 e. The third-order valence-electron chi connectivity index (χ3n) is 7.30. The van der Waals surface area contributed by atoms with E-state index in [0.717, 1.165) is 36.2 Å². The van der Waals surface area contributed by atoms with Gasteiger partial charge in [-0.15, -0.1) is 0 Å². The molecular weight excluding hydrogens is 386 g/mol. The molecule has 2 unspecified atom stereocenters. The van der Waals surface area contributed by atoms with Crippen LogP contribution in [0.3, 0.4) is 0 Å². The summed E-state index contributed by atoms with van der Waals surface area (Å²) in [4.78, 5) is 30.3. The molecule has 5 nitrogen and oxygen atoms in total.